The van der Waals surface area contributed by atoms with Gasteiger partial charge in [0, 0.05) is 9.64 Å². The first kappa shape index (κ1) is 12.4. The van der Waals surface area contributed by atoms with E-state index in [1.54, 1.807) is 0 Å². The Kier molecular flexibility index (Phi) is 4.97. The molecule has 0 aromatic heterocycles. The van der Waals surface area contributed by atoms with Crippen LogP contribution < -0.4 is 0 Å². The Bertz CT molecular complexity index is 287. The SMILES string of the molecule is C=CCCCC(C)(C)Sc1ccccc1. The normalized spacial score (nSPS) is 11.3. The molecule has 1 aromatic carbocycles. The van der Waals surface area contributed by atoms with Gasteiger partial charge in [0.15, 0.2) is 0 Å². The summed E-state index contributed by atoms with van der Waals surface area (Å²) in [7, 11) is 0. The van der Waals surface area contributed by atoms with E-state index in [1.807, 2.05) is 17.8 Å². The second-order valence-corrected chi connectivity index (χ2v) is 6.14. The Hall–Kier alpha value is -0.690. The molecule has 82 valence electrons. The van der Waals surface area contributed by atoms with Crippen molar-refractivity contribution in [2.24, 2.45) is 0 Å². The molecule has 15 heavy (non-hydrogen) atoms. The van der Waals surface area contributed by atoms with Gasteiger partial charge in [-0.25, -0.2) is 0 Å². The van der Waals surface area contributed by atoms with Gasteiger partial charge in [-0.2, -0.15) is 0 Å². The molecule has 1 heteroatoms. The van der Waals surface area contributed by atoms with Crippen LogP contribution in [0.4, 0.5) is 0 Å². The summed E-state index contributed by atoms with van der Waals surface area (Å²) in [5.41, 5.74) is 0. The summed E-state index contributed by atoms with van der Waals surface area (Å²) in [6, 6.07) is 10.6. The first-order valence-electron chi connectivity index (χ1n) is 5.49. The number of thioether (sulfide) groups is 1. The highest BCUT2D eigenvalue weighted by molar-refractivity contribution is 8.00. The highest BCUT2D eigenvalue weighted by Crippen LogP contribution is 2.35. The fraction of sp³-hybridized carbons (Fsp3) is 0.429. The van der Waals surface area contributed by atoms with E-state index in [1.165, 1.54) is 17.7 Å². The second-order valence-electron chi connectivity index (χ2n) is 4.36. The van der Waals surface area contributed by atoms with Crippen molar-refractivity contribution in [1.82, 2.24) is 0 Å². The van der Waals surface area contributed by atoms with Crippen molar-refractivity contribution in [3.05, 3.63) is 43.0 Å². The van der Waals surface area contributed by atoms with Crippen LogP contribution in [0.25, 0.3) is 0 Å². The number of allylic oxidation sites excluding steroid dienone is 1. The van der Waals surface area contributed by atoms with Gasteiger partial charge in [0.05, 0.1) is 0 Å². The highest BCUT2D eigenvalue weighted by atomic mass is 32.2. The molecule has 0 radical (unpaired) electrons. The monoisotopic (exact) mass is 220 g/mol. The first-order chi connectivity index (χ1) is 7.14. The van der Waals surface area contributed by atoms with Crippen LogP contribution in [0, 0.1) is 0 Å². The summed E-state index contributed by atoms with van der Waals surface area (Å²) in [5.74, 6) is 0. The maximum Gasteiger partial charge on any atom is 0.0151 e. The second kappa shape index (κ2) is 6.02. The van der Waals surface area contributed by atoms with Crippen molar-refractivity contribution >= 4 is 11.8 Å². The van der Waals surface area contributed by atoms with E-state index < -0.39 is 0 Å². The molecule has 1 aromatic rings. The Balaban J connectivity index is 2.45. The third-order valence-corrected chi connectivity index (χ3v) is 3.59. The maximum atomic E-state index is 3.76. The van der Waals surface area contributed by atoms with Gasteiger partial charge in [0.1, 0.15) is 0 Å². The lowest BCUT2D eigenvalue weighted by Gasteiger charge is -2.23. The Labute approximate surface area is 97.8 Å². The molecule has 1 rings (SSSR count). The molecule has 0 atom stereocenters. The zero-order chi connectivity index (χ0) is 11.1. The van der Waals surface area contributed by atoms with Crippen LogP contribution in [0.3, 0.4) is 0 Å². The Morgan fingerprint density at radius 3 is 2.53 bits per heavy atom. The van der Waals surface area contributed by atoms with Crippen molar-refractivity contribution in [2.45, 2.75) is 42.8 Å². The molecule has 0 fully saturated rings. The molecular weight excluding hydrogens is 200 g/mol. The molecule has 0 spiro atoms. The number of unbranched alkanes of at least 4 members (excludes halogenated alkanes) is 1. The Morgan fingerprint density at radius 2 is 1.93 bits per heavy atom. The predicted octanol–water partition coefficient (Wildman–Crippen LogP) is 4.91. The van der Waals surface area contributed by atoms with Crippen molar-refractivity contribution in [1.29, 1.82) is 0 Å². The van der Waals surface area contributed by atoms with E-state index in [4.69, 9.17) is 0 Å². The summed E-state index contributed by atoms with van der Waals surface area (Å²) >= 11 is 1.96. The maximum absolute atomic E-state index is 3.76. The molecule has 0 nitrogen and oxygen atoms in total. The van der Waals surface area contributed by atoms with Gasteiger partial charge >= 0.3 is 0 Å². The molecule has 0 bridgehead atoms. The van der Waals surface area contributed by atoms with Crippen LogP contribution in [0.5, 0.6) is 0 Å². The average molecular weight is 220 g/mol. The zero-order valence-electron chi connectivity index (χ0n) is 9.70. The van der Waals surface area contributed by atoms with Crippen molar-refractivity contribution in [2.75, 3.05) is 0 Å². The summed E-state index contributed by atoms with van der Waals surface area (Å²) < 4.78 is 0.324. The molecule has 0 saturated carbocycles. The topological polar surface area (TPSA) is 0 Å². The molecule has 0 unspecified atom stereocenters. The van der Waals surface area contributed by atoms with Gasteiger partial charge in [0.25, 0.3) is 0 Å². The summed E-state index contributed by atoms with van der Waals surface area (Å²) in [6.45, 7) is 8.38. The largest absolute Gasteiger partial charge is 0.120 e. The fourth-order valence-electron chi connectivity index (χ4n) is 1.53. The van der Waals surface area contributed by atoms with Gasteiger partial charge in [-0.1, -0.05) is 38.1 Å². The molecule has 0 aliphatic rings. The first-order valence-corrected chi connectivity index (χ1v) is 6.31. The number of hydrogen-bond acceptors (Lipinski definition) is 1. The number of benzene rings is 1. The molecule has 0 heterocycles. The van der Waals surface area contributed by atoms with Crippen LogP contribution in [-0.2, 0) is 0 Å². The highest BCUT2D eigenvalue weighted by Gasteiger charge is 2.18. The third-order valence-electron chi connectivity index (χ3n) is 2.32. The lowest BCUT2D eigenvalue weighted by Crippen LogP contribution is -2.13. The van der Waals surface area contributed by atoms with Gasteiger partial charge in [-0.05, 0) is 31.4 Å². The molecule has 0 aliphatic heterocycles. The predicted molar refractivity (Wildman–Crippen MR) is 70.4 cm³/mol. The molecule has 0 aliphatic carbocycles. The van der Waals surface area contributed by atoms with Gasteiger partial charge in [-0.3, -0.25) is 0 Å². The van der Waals surface area contributed by atoms with Crippen molar-refractivity contribution in [3.63, 3.8) is 0 Å². The fourth-order valence-corrected chi connectivity index (χ4v) is 2.71. The lowest BCUT2D eigenvalue weighted by molar-refractivity contribution is 0.607. The van der Waals surface area contributed by atoms with Crippen LogP contribution in [0.1, 0.15) is 33.1 Å². The average Bonchev–Trinajstić information content (AvgIpc) is 2.18. The van der Waals surface area contributed by atoms with E-state index in [-0.39, 0.29) is 0 Å². The quantitative estimate of drug-likeness (QED) is 0.373. The minimum Gasteiger partial charge on any atom is -0.120 e. The van der Waals surface area contributed by atoms with E-state index >= 15 is 0 Å². The van der Waals surface area contributed by atoms with Crippen molar-refractivity contribution in [3.8, 4) is 0 Å². The zero-order valence-corrected chi connectivity index (χ0v) is 10.5. The van der Waals surface area contributed by atoms with Crippen LogP contribution >= 0.6 is 11.8 Å². The number of hydrogen-bond donors (Lipinski definition) is 0. The van der Waals surface area contributed by atoms with Gasteiger partial charge in [-0.15, -0.1) is 18.3 Å². The minimum atomic E-state index is 0.324. The van der Waals surface area contributed by atoms with Crippen LogP contribution in [-0.4, -0.2) is 4.75 Å². The number of rotatable bonds is 6. The molecule has 0 amide bonds. The molecular formula is C14H20S. The van der Waals surface area contributed by atoms with Crippen molar-refractivity contribution < 1.29 is 0 Å². The minimum absolute atomic E-state index is 0.324. The Morgan fingerprint density at radius 1 is 1.27 bits per heavy atom. The smallest absolute Gasteiger partial charge is 0.0151 e. The third kappa shape index (κ3) is 5.08. The summed E-state index contributed by atoms with van der Waals surface area (Å²) in [5, 5.41) is 0. The molecule has 0 N–H and O–H groups in total. The van der Waals surface area contributed by atoms with Crippen LogP contribution in [0.2, 0.25) is 0 Å². The van der Waals surface area contributed by atoms with E-state index in [9.17, 15) is 0 Å². The van der Waals surface area contributed by atoms with Crippen LogP contribution in [0.15, 0.2) is 47.9 Å². The standard InChI is InChI=1S/C14H20S/c1-4-5-9-12-14(2,3)15-13-10-7-6-8-11-13/h4,6-8,10-11H,1,5,9,12H2,2-3H3. The van der Waals surface area contributed by atoms with E-state index in [0.29, 0.717) is 4.75 Å². The van der Waals surface area contributed by atoms with E-state index in [0.717, 1.165) is 6.42 Å². The van der Waals surface area contributed by atoms with Gasteiger partial charge < -0.3 is 0 Å². The van der Waals surface area contributed by atoms with Gasteiger partial charge in [0.2, 0.25) is 0 Å². The lowest BCUT2D eigenvalue weighted by atomic mass is 10.1. The van der Waals surface area contributed by atoms with E-state index in [2.05, 4.69) is 50.8 Å². The summed E-state index contributed by atoms with van der Waals surface area (Å²) in [4.78, 5) is 1.36. The molecule has 0 saturated heterocycles. The summed E-state index contributed by atoms with van der Waals surface area (Å²) in [6.07, 6.45) is 5.59.